The SMILES string of the molecule is Cl.O=C(COc1cc(Cl)ccc1Cl)N[C@H]1CCCNC1. The Labute approximate surface area is 134 Å². The Kier molecular flexibility index (Phi) is 7.45. The molecule has 1 heterocycles. The van der Waals surface area contributed by atoms with E-state index in [4.69, 9.17) is 27.9 Å². The Morgan fingerprint density at radius 1 is 1.45 bits per heavy atom. The molecule has 2 rings (SSSR count). The van der Waals surface area contributed by atoms with Crippen LogP contribution in [0.1, 0.15) is 12.8 Å². The van der Waals surface area contributed by atoms with E-state index in [1.54, 1.807) is 18.2 Å². The summed E-state index contributed by atoms with van der Waals surface area (Å²) in [4.78, 5) is 11.7. The Morgan fingerprint density at radius 2 is 2.25 bits per heavy atom. The van der Waals surface area contributed by atoms with Crippen LogP contribution in [-0.2, 0) is 4.79 Å². The van der Waals surface area contributed by atoms with Crippen LogP contribution in [0.3, 0.4) is 0 Å². The molecule has 0 unspecified atom stereocenters. The third kappa shape index (κ3) is 5.37. The molecule has 2 N–H and O–H groups in total. The van der Waals surface area contributed by atoms with Crippen LogP contribution in [0.2, 0.25) is 10.0 Å². The van der Waals surface area contributed by atoms with Gasteiger partial charge in [0.2, 0.25) is 0 Å². The van der Waals surface area contributed by atoms with Gasteiger partial charge in [-0.2, -0.15) is 0 Å². The first kappa shape index (κ1) is 17.4. The van der Waals surface area contributed by atoms with Crippen LogP contribution in [0.4, 0.5) is 0 Å². The highest BCUT2D eigenvalue weighted by atomic mass is 35.5. The van der Waals surface area contributed by atoms with E-state index in [2.05, 4.69) is 10.6 Å². The molecule has 1 atom stereocenters. The van der Waals surface area contributed by atoms with Crippen molar-refractivity contribution >= 4 is 41.5 Å². The van der Waals surface area contributed by atoms with Crippen molar-refractivity contribution in [1.29, 1.82) is 0 Å². The van der Waals surface area contributed by atoms with Crippen molar-refractivity contribution in [3.05, 3.63) is 28.2 Å². The molecule has 1 aromatic rings. The maximum atomic E-state index is 11.7. The molecule has 7 heteroatoms. The van der Waals surface area contributed by atoms with Crippen LogP contribution in [-0.4, -0.2) is 31.6 Å². The van der Waals surface area contributed by atoms with Gasteiger partial charge in [0.05, 0.1) is 5.02 Å². The summed E-state index contributed by atoms with van der Waals surface area (Å²) in [7, 11) is 0. The Balaban J connectivity index is 0.00000200. The quantitative estimate of drug-likeness (QED) is 0.887. The number of amides is 1. The minimum atomic E-state index is -0.148. The summed E-state index contributed by atoms with van der Waals surface area (Å²) >= 11 is 11.8. The summed E-state index contributed by atoms with van der Waals surface area (Å²) in [5, 5.41) is 7.12. The zero-order valence-electron chi connectivity index (χ0n) is 10.8. The minimum absolute atomic E-state index is 0. The lowest BCUT2D eigenvalue weighted by Gasteiger charge is -2.23. The van der Waals surface area contributed by atoms with Gasteiger partial charge >= 0.3 is 0 Å². The molecule has 0 bridgehead atoms. The monoisotopic (exact) mass is 338 g/mol. The van der Waals surface area contributed by atoms with E-state index >= 15 is 0 Å². The van der Waals surface area contributed by atoms with E-state index in [0.29, 0.717) is 15.8 Å². The molecule has 0 spiro atoms. The fourth-order valence-corrected chi connectivity index (χ4v) is 2.31. The zero-order valence-corrected chi connectivity index (χ0v) is 13.2. The number of halogens is 3. The first-order valence-electron chi connectivity index (χ1n) is 6.23. The van der Waals surface area contributed by atoms with Crippen molar-refractivity contribution in [3.8, 4) is 5.75 Å². The molecular weight excluding hydrogens is 323 g/mol. The van der Waals surface area contributed by atoms with Gasteiger partial charge in [0.25, 0.3) is 5.91 Å². The molecule has 1 aliphatic rings. The number of rotatable bonds is 4. The van der Waals surface area contributed by atoms with Crippen molar-refractivity contribution in [2.45, 2.75) is 18.9 Å². The third-order valence-electron chi connectivity index (χ3n) is 2.91. The standard InChI is InChI=1S/C13H16Cl2N2O2.ClH/c14-9-3-4-11(15)12(6-9)19-8-13(18)17-10-2-1-5-16-7-10;/h3-4,6,10,16H,1-2,5,7-8H2,(H,17,18);1H/t10-;/m0./s1. The summed E-state index contributed by atoms with van der Waals surface area (Å²) in [6, 6.07) is 5.09. The van der Waals surface area contributed by atoms with Crippen LogP contribution in [0.15, 0.2) is 18.2 Å². The van der Waals surface area contributed by atoms with Crippen LogP contribution in [0, 0.1) is 0 Å². The van der Waals surface area contributed by atoms with Crippen LogP contribution in [0.5, 0.6) is 5.75 Å². The molecule has 112 valence electrons. The number of hydrogen-bond acceptors (Lipinski definition) is 3. The lowest BCUT2D eigenvalue weighted by Crippen LogP contribution is -2.47. The van der Waals surface area contributed by atoms with Gasteiger partial charge < -0.3 is 15.4 Å². The van der Waals surface area contributed by atoms with E-state index in [-0.39, 0.29) is 31.0 Å². The van der Waals surface area contributed by atoms with Crippen LogP contribution >= 0.6 is 35.6 Å². The number of benzene rings is 1. The predicted octanol–water partition coefficient (Wildman–Crippen LogP) is 2.66. The fraction of sp³-hybridized carbons (Fsp3) is 0.462. The molecule has 1 fully saturated rings. The van der Waals surface area contributed by atoms with Crippen molar-refractivity contribution in [2.75, 3.05) is 19.7 Å². The number of nitrogens with one attached hydrogen (secondary N) is 2. The maximum Gasteiger partial charge on any atom is 0.258 e. The number of carbonyl (C=O) groups excluding carboxylic acids is 1. The fourth-order valence-electron chi connectivity index (χ4n) is 1.98. The second kappa shape index (κ2) is 8.57. The van der Waals surface area contributed by atoms with Gasteiger partial charge in [-0.3, -0.25) is 4.79 Å². The number of ether oxygens (including phenoxy) is 1. The first-order valence-corrected chi connectivity index (χ1v) is 6.98. The van der Waals surface area contributed by atoms with Gasteiger partial charge in [0.1, 0.15) is 5.75 Å². The lowest BCUT2D eigenvalue weighted by molar-refractivity contribution is -0.123. The van der Waals surface area contributed by atoms with Crippen molar-refractivity contribution in [1.82, 2.24) is 10.6 Å². The molecule has 1 aliphatic heterocycles. The predicted molar refractivity (Wildman–Crippen MR) is 83.2 cm³/mol. The molecule has 1 aromatic carbocycles. The number of piperidine rings is 1. The number of carbonyl (C=O) groups is 1. The van der Waals surface area contributed by atoms with Crippen molar-refractivity contribution in [2.24, 2.45) is 0 Å². The molecule has 0 saturated carbocycles. The molecule has 0 radical (unpaired) electrons. The lowest BCUT2D eigenvalue weighted by atomic mass is 10.1. The number of hydrogen-bond donors (Lipinski definition) is 2. The smallest absolute Gasteiger partial charge is 0.258 e. The molecule has 0 aromatic heterocycles. The molecule has 20 heavy (non-hydrogen) atoms. The topological polar surface area (TPSA) is 50.4 Å². The zero-order chi connectivity index (χ0) is 13.7. The first-order chi connectivity index (χ1) is 9.15. The second-order valence-corrected chi connectivity index (χ2v) is 5.32. The molecule has 1 amide bonds. The normalized spacial score (nSPS) is 18.0. The van der Waals surface area contributed by atoms with E-state index in [0.717, 1.165) is 25.9 Å². The Morgan fingerprint density at radius 3 is 2.95 bits per heavy atom. The van der Waals surface area contributed by atoms with Gasteiger partial charge in [0, 0.05) is 23.7 Å². The molecular formula is C13H17Cl3N2O2. The van der Waals surface area contributed by atoms with Gasteiger partial charge in [-0.15, -0.1) is 12.4 Å². The van der Waals surface area contributed by atoms with Crippen LogP contribution < -0.4 is 15.4 Å². The van der Waals surface area contributed by atoms with Gasteiger partial charge in [-0.25, -0.2) is 0 Å². The van der Waals surface area contributed by atoms with Gasteiger partial charge in [0.15, 0.2) is 6.61 Å². The van der Waals surface area contributed by atoms with E-state index in [1.807, 2.05) is 0 Å². The highest BCUT2D eigenvalue weighted by Crippen LogP contribution is 2.27. The summed E-state index contributed by atoms with van der Waals surface area (Å²) < 4.78 is 5.37. The second-order valence-electron chi connectivity index (χ2n) is 4.47. The maximum absolute atomic E-state index is 11.7. The van der Waals surface area contributed by atoms with Gasteiger partial charge in [-0.05, 0) is 31.5 Å². The summed E-state index contributed by atoms with van der Waals surface area (Å²) in [5.41, 5.74) is 0. The summed E-state index contributed by atoms with van der Waals surface area (Å²) in [6.07, 6.45) is 2.07. The summed E-state index contributed by atoms with van der Waals surface area (Å²) in [6.45, 7) is 1.77. The van der Waals surface area contributed by atoms with Gasteiger partial charge in [-0.1, -0.05) is 23.2 Å². The van der Waals surface area contributed by atoms with E-state index < -0.39 is 0 Å². The molecule has 1 saturated heterocycles. The third-order valence-corrected chi connectivity index (χ3v) is 3.46. The van der Waals surface area contributed by atoms with Crippen molar-refractivity contribution < 1.29 is 9.53 Å². The highest BCUT2D eigenvalue weighted by Gasteiger charge is 2.15. The summed E-state index contributed by atoms with van der Waals surface area (Å²) in [5.74, 6) is 0.274. The van der Waals surface area contributed by atoms with Crippen LogP contribution in [0.25, 0.3) is 0 Å². The average molecular weight is 340 g/mol. The molecule has 0 aliphatic carbocycles. The van der Waals surface area contributed by atoms with E-state index in [1.165, 1.54) is 0 Å². The van der Waals surface area contributed by atoms with E-state index in [9.17, 15) is 4.79 Å². The molecule has 4 nitrogen and oxygen atoms in total. The minimum Gasteiger partial charge on any atom is -0.482 e. The largest absolute Gasteiger partial charge is 0.482 e. The Hall–Kier alpha value is -0.680. The highest BCUT2D eigenvalue weighted by molar-refractivity contribution is 6.34. The van der Waals surface area contributed by atoms with Crippen molar-refractivity contribution in [3.63, 3.8) is 0 Å². The Bertz CT molecular complexity index is 451. The average Bonchev–Trinajstić information content (AvgIpc) is 2.41.